The van der Waals surface area contributed by atoms with Crippen LogP contribution in [0.3, 0.4) is 0 Å². The molecule has 8 heteroatoms. The van der Waals surface area contributed by atoms with E-state index >= 15 is 0 Å². The Kier molecular flexibility index (Phi) is 5.20. The smallest absolute Gasteiger partial charge is 0.253 e. The van der Waals surface area contributed by atoms with Gasteiger partial charge in [0, 0.05) is 29.8 Å². The highest BCUT2D eigenvalue weighted by molar-refractivity contribution is 7.07. The molecular formula is C17H16N4O3S. The first kappa shape index (κ1) is 16.8. The standard InChI is InChI=1S/C17H16N4O3S/c1-23-15-6-4-12(17(21-15)24-2)8-19-16(22)11-3-5-13(18-7-11)14-9-25-10-20-14/h3-7,9-10H,8H2,1-2H3,(H,19,22). The highest BCUT2D eigenvalue weighted by Gasteiger charge is 2.11. The summed E-state index contributed by atoms with van der Waals surface area (Å²) < 4.78 is 10.3. The number of amides is 1. The van der Waals surface area contributed by atoms with Crippen molar-refractivity contribution in [2.45, 2.75) is 6.54 Å². The van der Waals surface area contributed by atoms with Gasteiger partial charge in [-0.3, -0.25) is 9.78 Å². The van der Waals surface area contributed by atoms with Crippen LogP contribution in [0.15, 0.2) is 41.4 Å². The van der Waals surface area contributed by atoms with Crippen LogP contribution < -0.4 is 14.8 Å². The summed E-state index contributed by atoms with van der Waals surface area (Å²) in [6, 6.07) is 7.02. The lowest BCUT2D eigenvalue weighted by Crippen LogP contribution is -2.23. The fourth-order valence-electron chi connectivity index (χ4n) is 2.17. The summed E-state index contributed by atoms with van der Waals surface area (Å²) in [5.74, 6) is 0.639. The van der Waals surface area contributed by atoms with E-state index in [9.17, 15) is 4.79 Å². The number of hydrogen-bond acceptors (Lipinski definition) is 7. The van der Waals surface area contributed by atoms with Crippen molar-refractivity contribution in [3.63, 3.8) is 0 Å². The number of carbonyl (C=O) groups excluding carboxylic acids is 1. The van der Waals surface area contributed by atoms with Crippen LogP contribution in [0.5, 0.6) is 11.8 Å². The number of aromatic nitrogens is 3. The van der Waals surface area contributed by atoms with Gasteiger partial charge in [-0.15, -0.1) is 11.3 Å². The van der Waals surface area contributed by atoms with Gasteiger partial charge < -0.3 is 14.8 Å². The van der Waals surface area contributed by atoms with Crippen LogP contribution in [0.1, 0.15) is 15.9 Å². The van der Waals surface area contributed by atoms with Crippen molar-refractivity contribution in [2.24, 2.45) is 0 Å². The Hall–Kier alpha value is -3.00. The van der Waals surface area contributed by atoms with Crippen molar-refractivity contribution in [3.8, 4) is 23.1 Å². The molecule has 0 bridgehead atoms. The van der Waals surface area contributed by atoms with Crippen LogP contribution in [-0.4, -0.2) is 35.1 Å². The SMILES string of the molecule is COc1ccc(CNC(=O)c2ccc(-c3cscn3)nc2)c(OC)n1. The third-order valence-electron chi connectivity index (χ3n) is 3.48. The lowest BCUT2D eigenvalue weighted by Gasteiger charge is -2.10. The van der Waals surface area contributed by atoms with Gasteiger partial charge in [0.2, 0.25) is 11.8 Å². The predicted octanol–water partition coefficient (Wildman–Crippen LogP) is 2.55. The summed E-state index contributed by atoms with van der Waals surface area (Å²) in [5, 5.41) is 4.74. The number of carbonyl (C=O) groups is 1. The monoisotopic (exact) mass is 356 g/mol. The normalized spacial score (nSPS) is 10.3. The number of methoxy groups -OCH3 is 2. The third kappa shape index (κ3) is 3.92. The van der Waals surface area contributed by atoms with Gasteiger partial charge in [-0.2, -0.15) is 4.98 Å². The molecule has 3 rings (SSSR count). The van der Waals surface area contributed by atoms with Crippen molar-refractivity contribution in [1.82, 2.24) is 20.3 Å². The van der Waals surface area contributed by atoms with Gasteiger partial charge in [0.15, 0.2) is 0 Å². The highest BCUT2D eigenvalue weighted by Crippen LogP contribution is 2.20. The maximum Gasteiger partial charge on any atom is 0.253 e. The first-order valence-electron chi connectivity index (χ1n) is 7.42. The van der Waals surface area contributed by atoms with Gasteiger partial charge in [-0.25, -0.2) is 4.98 Å². The van der Waals surface area contributed by atoms with Gasteiger partial charge in [-0.05, 0) is 18.2 Å². The Bertz CT molecular complexity index is 851. The van der Waals surface area contributed by atoms with Crippen molar-refractivity contribution in [2.75, 3.05) is 14.2 Å². The predicted molar refractivity (Wildman–Crippen MR) is 93.9 cm³/mol. The van der Waals surface area contributed by atoms with Crippen molar-refractivity contribution in [1.29, 1.82) is 0 Å². The van der Waals surface area contributed by atoms with E-state index < -0.39 is 0 Å². The van der Waals surface area contributed by atoms with E-state index in [1.807, 2.05) is 5.38 Å². The van der Waals surface area contributed by atoms with Crippen LogP contribution in [0, 0.1) is 0 Å². The summed E-state index contributed by atoms with van der Waals surface area (Å²) in [6.07, 6.45) is 1.54. The van der Waals surface area contributed by atoms with Gasteiger partial charge in [0.05, 0.1) is 36.7 Å². The summed E-state index contributed by atoms with van der Waals surface area (Å²) in [7, 11) is 3.06. The Morgan fingerprint density at radius 2 is 2.00 bits per heavy atom. The molecule has 0 radical (unpaired) electrons. The molecule has 0 saturated carbocycles. The average Bonchev–Trinajstić information content (AvgIpc) is 3.20. The van der Waals surface area contributed by atoms with Crippen LogP contribution in [-0.2, 0) is 6.54 Å². The van der Waals surface area contributed by atoms with E-state index in [2.05, 4.69) is 20.3 Å². The fraction of sp³-hybridized carbons (Fsp3) is 0.176. The molecule has 3 heterocycles. The van der Waals surface area contributed by atoms with Gasteiger partial charge in [-0.1, -0.05) is 0 Å². The maximum atomic E-state index is 12.3. The number of hydrogen-bond donors (Lipinski definition) is 1. The molecule has 0 aliphatic heterocycles. The van der Waals surface area contributed by atoms with E-state index in [0.717, 1.165) is 17.0 Å². The minimum absolute atomic E-state index is 0.227. The lowest BCUT2D eigenvalue weighted by molar-refractivity contribution is 0.0950. The molecule has 1 N–H and O–H groups in total. The van der Waals surface area contributed by atoms with Gasteiger partial charge >= 0.3 is 0 Å². The Labute approximate surface area is 148 Å². The topological polar surface area (TPSA) is 86.2 Å². The Balaban J connectivity index is 1.66. The molecule has 0 atom stereocenters. The molecule has 1 amide bonds. The molecule has 0 unspecified atom stereocenters. The van der Waals surface area contributed by atoms with Crippen molar-refractivity contribution in [3.05, 3.63) is 52.5 Å². The molecule has 0 aliphatic carbocycles. The van der Waals surface area contributed by atoms with Gasteiger partial charge in [0.25, 0.3) is 5.91 Å². The van der Waals surface area contributed by atoms with Gasteiger partial charge in [0.1, 0.15) is 0 Å². The van der Waals surface area contributed by atoms with E-state index in [1.54, 1.807) is 29.8 Å². The summed E-state index contributed by atoms with van der Waals surface area (Å²) >= 11 is 1.50. The summed E-state index contributed by atoms with van der Waals surface area (Å²) in [4.78, 5) is 25.0. The van der Waals surface area contributed by atoms with Crippen LogP contribution in [0.25, 0.3) is 11.4 Å². The molecule has 0 saturated heterocycles. The van der Waals surface area contributed by atoms with E-state index in [4.69, 9.17) is 9.47 Å². The van der Waals surface area contributed by atoms with Crippen LogP contribution >= 0.6 is 11.3 Å². The number of pyridine rings is 2. The molecule has 3 aromatic rings. The van der Waals surface area contributed by atoms with E-state index in [1.165, 1.54) is 31.8 Å². The molecule has 0 fully saturated rings. The molecule has 128 valence electrons. The second kappa shape index (κ2) is 7.71. The Morgan fingerprint density at radius 1 is 1.12 bits per heavy atom. The van der Waals surface area contributed by atoms with Crippen LogP contribution in [0.2, 0.25) is 0 Å². The minimum Gasteiger partial charge on any atom is -0.481 e. The Morgan fingerprint density at radius 3 is 2.64 bits per heavy atom. The van der Waals surface area contributed by atoms with Crippen molar-refractivity contribution < 1.29 is 14.3 Å². The number of rotatable bonds is 6. The van der Waals surface area contributed by atoms with Crippen molar-refractivity contribution >= 4 is 17.2 Å². The minimum atomic E-state index is -0.227. The number of thiazole rings is 1. The molecule has 0 aliphatic rings. The van der Waals surface area contributed by atoms with E-state index in [-0.39, 0.29) is 12.5 Å². The molecule has 0 aromatic carbocycles. The number of nitrogens with zero attached hydrogens (tertiary/aromatic N) is 3. The molecule has 25 heavy (non-hydrogen) atoms. The van der Waals surface area contributed by atoms with Crippen LogP contribution in [0.4, 0.5) is 0 Å². The first-order chi connectivity index (χ1) is 12.2. The zero-order valence-electron chi connectivity index (χ0n) is 13.7. The molecule has 0 spiro atoms. The summed E-state index contributed by atoms with van der Waals surface area (Å²) in [5.41, 5.74) is 4.50. The average molecular weight is 356 g/mol. The molecule has 3 aromatic heterocycles. The lowest BCUT2D eigenvalue weighted by atomic mass is 10.2. The largest absolute Gasteiger partial charge is 0.481 e. The highest BCUT2D eigenvalue weighted by atomic mass is 32.1. The zero-order chi connectivity index (χ0) is 17.6. The maximum absolute atomic E-state index is 12.3. The summed E-state index contributed by atoms with van der Waals surface area (Å²) in [6.45, 7) is 0.285. The second-order valence-corrected chi connectivity index (χ2v) is 5.73. The second-order valence-electron chi connectivity index (χ2n) is 5.01. The number of nitrogens with one attached hydrogen (secondary N) is 1. The fourth-order valence-corrected chi connectivity index (χ4v) is 2.72. The first-order valence-corrected chi connectivity index (χ1v) is 8.36. The molecule has 7 nitrogen and oxygen atoms in total. The zero-order valence-corrected chi connectivity index (χ0v) is 14.5. The quantitative estimate of drug-likeness (QED) is 0.730. The molecular weight excluding hydrogens is 340 g/mol. The van der Waals surface area contributed by atoms with E-state index in [0.29, 0.717) is 17.3 Å². The third-order valence-corrected chi connectivity index (χ3v) is 4.06. The number of ether oxygens (including phenoxy) is 2.